The first-order valence-electron chi connectivity index (χ1n) is 6.02. The number of likely N-dealkylation sites (tertiary alicyclic amines) is 1. The van der Waals surface area contributed by atoms with Gasteiger partial charge in [-0.25, -0.2) is 9.59 Å². The van der Waals surface area contributed by atoms with Crippen molar-refractivity contribution in [1.29, 1.82) is 0 Å². The van der Waals surface area contributed by atoms with Gasteiger partial charge in [-0.3, -0.25) is 4.79 Å². The first-order valence-corrected chi connectivity index (χ1v) is 7.41. The molecule has 0 radical (unpaired) electrons. The molecule has 1 saturated heterocycles. The Morgan fingerprint density at radius 1 is 1.53 bits per heavy atom. The van der Waals surface area contributed by atoms with E-state index in [1.165, 1.54) is 16.7 Å². The summed E-state index contributed by atoms with van der Waals surface area (Å²) >= 11 is 1.52. The molecule has 0 aliphatic carbocycles. The Morgan fingerprint density at radius 2 is 2.21 bits per heavy atom. The molecule has 0 aromatic heterocycles. The predicted molar refractivity (Wildman–Crippen MR) is 71.8 cm³/mol. The van der Waals surface area contributed by atoms with Crippen LogP contribution in [0.2, 0.25) is 0 Å². The molecule has 8 heteroatoms. The summed E-state index contributed by atoms with van der Waals surface area (Å²) in [5.41, 5.74) is 5.18. The SMILES string of the molecule is CSCCC(NC(=O)N1CCC(C(N)=O)C1)C(=O)O. The highest BCUT2D eigenvalue weighted by molar-refractivity contribution is 7.98. The van der Waals surface area contributed by atoms with Crippen LogP contribution < -0.4 is 11.1 Å². The summed E-state index contributed by atoms with van der Waals surface area (Å²) in [6.45, 7) is 0.685. The molecule has 19 heavy (non-hydrogen) atoms. The maximum absolute atomic E-state index is 11.9. The number of aliphatic carboxylic acids is 1. The predicted octanol–water partition coefficient (Wildman–Crippen LogP) is -0.290. The van der Waals surface area contributed by atoms with E-state index in [0.717, 1.165) is 0 Å². The first kappa shape index (κ1) is 15.6. The van der Waals surface area contributed by atoms with Gasteiger partial charge in [0.2, 0.25) is 5.91 Å². The summed E-state index contributed by atoms with van der Waals surface area (Å²) in [5, 5.41) is 11.5. The minimum absolute atomic E-state index is 0.260. The number of urea groups is 1. The zero-order valence-electron chi connectivity index (χ0n) is 10.8. The number of carboxylic acid groups (broad SMARTS) is 1. The van der Waals surface area contributed by atoms with Crippen molar-refractivity contribution in [3.8, 4) is 0 Å². The van der Waals surface area contributed by atoms with Crippen LogP contribution in [0.4, 0.5) is 4.79 Å². The van der Waals surface area contributed by atoms with E-state index < -0.39 is 23.9 Å². The number of nitrogens with zero attached hydrogens (tertiary/aromatic N) is 1. The molecular weight excluding hydrogens is 270 g/mol. The van der Waals surface area contributed by atoms with Gasteiger partial charge < -0.3 is 21.1 Å². The second-order valence-electron chi connectivity index (χ2n) is 4.46. The molecule has 0 bridgehead atoms. The third-order valence-corrected chi connectivity index (χ3v) is 3.73. The normalized spacial score (nSPS) is 20.1. The van der Waals surface area contributed by atoms with Crippen LogP contribution in [0.5, 0.6) is 0 Å². The molecule has 2 atom stereocenters. The quantitative estimate of drug-likeness (QED) is 0.622. The van der Waals surface area contributed by atoms with E-state index >= 15 is 0 Å². The molecule has 1 fully saturated rings. The van der Waals surface area contributed by atoms with Crippen LogP contribution >= 0.6 is 11.8 Å². The smallest absolute Gasteiger partial charge is 0.326 e. The molecule has 0 aromatic carbocycles. The first-order chi connectivity index (χ1) is 8.95. The summed E-state index contributed by atoms with van der Waals surface area (Å²) in [6, 6.07) is -1.34. The van der Waals surface area contributed by atoms with Gasteiger partial charge in [-0.05, 0) is 24.9 Å². The number of hydrogen-bond acceptors (Lipinski definition) is 4. The molecular formula is C11H19N3O4S. The lowest BCUT2D eigenvalue weighted by molar-refractivity contribution is -0.139. The molecule has 1 aliphatic rings. The summed E-state index contributed by atoms with van der Waals surface area (Å²) in [7, 11) is 0. The van der Waals surface area contributed by atoms with Gasteiger partial charge in [0.25, 0.3) is 0 Å². The van der Waals surface area contributed by atoms with Gasteiger partial charge in [-0.2, -0.15) is 11.8 Å². The maximum Gasteiger partial charge on any atom is 0.326 e. The van der Waals surface area contributed by atoms with Gasteiger partial charge >= 0.3 is 12.0 Å². The van der Waals surface area contributed by atoms with Crippen molar-refractivity contribution >= 4 is 29.7 Å². The van der Waals surface area contributed by atoms with Crippen LogP contribution in [0.25, 0.3) is 0 Å². The molecule has 0 spiro atoms. The third kappa shape index (κ3) is 4.62. The van der Waals surface area contributed by atoms with E-state index in [1.54, 1.807) is 0 Å². The fourth-order valence-corrected chi connectivity index (χ4v) is 2.38. The molecule has 7 nitrogen and oxygen atoms in total. The number of carbonyl (C=O) groups excluding carboxylic acids is 2. The molecule has 1 aliphatic heterocycles. The van der Waals surface area contributed by atoms with E-state index in [1.807, 2.05) is 6.26 Å². The minimum atomic E-state index is -1.05. The maximum atomic E-state index is 11.9. The highest BCUT2D eigenvalue weighted by atomic mass is 32.2. The highest BCUT2D eigenvalue weighted by Crippen LogP contribution is 2.15. The molecule has 1 rings (SSSR count). The highest BCUT2D eigenvalue weighted by Gasteiger charge is 2.31. The van der Waals surface area contributed by atoms with E-state index in [4.69, 9.17) is 10.8 Å². The lowest BCUT2D eigenvalue weighted by Gasteiger charge is -2.20. The van der Waals surface area contributed by atoms with Gasteiger partial charge in [-0.1, -0.05) is 0 Å². The Bertz CT molecular complexity index is 364. The monoisotopic (exact) mass is 289 g/mol. The number of thioether (sulfide) groups is 1. The fourth-order valence-electron chi connectivity index (χ4n) is 1.91. The number of carboxylic acids is 1. The van der Waals surface area contributed by atoms with Crippen molar-refractivity contribution in [2.75, 3.05) is 25.1 Å². The van der Waals surface area contributed by atoms with E-state index in [0.29, 0.717) is 25.1 Å². The molecule has 2 unspecified atom stereocenters. The van der Waals surface area contributed by atoms with Crippen LogP contribution in [0.15, 0.2) is 0 Å². The Morgan fingerprint density at radius 3 is 2.68 bits per heavy atom. The third-order valence-electron chi connectivity index (χ3n) is 3.08. The molecule has 108 valence electrons. The summed E-state index contributed by atoms with van der Waals surface area (Å²) in [5.74, 6) is -1.15. The molecule has 3 amide bonds. The molecule has 0 saturated carbocycles. The summed E-state index contributed by atoms with van der Waals surface area (Å²) in [4.78, 5) is 35.3. The number of carbonyl (C=O) groups is 3. The molecule has 0 aromatic rings. The van der Waals surface area contributed by atoms with E-state index in [2.05, 4.69) is 5.32 Å². The second-order valence-corrected chi connectivity index (χ2v) is 5.44. The lowest BCUT2D eigenvalue weighted by Crippen LogP contribution is -2.47. The minimum Gasteiger partial charge on any atom is -0.480 e. The number of primary amides is 1. The zero-order chi connectivity index (χ0) is 14.4. The topological polar surface area (TPSA) is 113 Å². The average molecular weight is 289 g/mol. The van der Waals surface area contributed by atoms with Crippen molar-refractivity contribution < 1.29 is 19.5 Å². The van der Waals surface area contributed by atoms with Gasteiger partial charge in [0, 0.05) is 13.1 Å². The van der Waals surface area contributed by atoms with Gasteiger partial charge in [-0.15, -0.1) is 0 Å². The summed E-state index contributed by atoms with van der Waals surface area (Å²) < 4.78 is 0. The Balaban J connectivity index is 2.49. The number of nitrogens with one attached hydrogen (secondary N) is 1. The van der Waals surface area contributed by atoms with E-state index in [-0.39, 0.29) is 12.5 Å². The number of hydrogen-bond donors (Lipinski definition) is 3. The van der Waals surface area contributed by atoms with Crippen molar-refractivity contribution in [2.24, 2.45) is 11.7 Å². The summed E-state index contributed by atoms with van der Waals surface area (Å²) in [6.07, 6.45) is 2.78. The van der Waals surface area contributed by atoms with Crippen LogP contribution in [0, 0.1) is 5.92 Å². The van der Waals surface area contributed by atoms with Crippen molar-refractivity contribution in [2.45, 2.75) is 18.9 Å². The van der Waals surface area contributed by atoms with Crippen LogP contribution in [-0.4, -0.2) is 59.1 Å². The van der Waals surface area contributed by atoms with Gasteiger partial charge in [0.15, 0.2) is 0 Å². The Kier molecular flexibility index (Phi) is 5.94. The number of nitrogens with two attached hydrogens (primary N) is 1. The average Bonchev–Trinajstić information content (AvgIpc) is 2.83. The fraction of sp³-hybridized carbons (Fsp3) is 0.727. The zero-order valence-corrected chi connectivity index (χ0v) is 11.6. The van der Waals surface area contributed by atoms with E-state index in [9.17, 15) is 14.4 Å². The largest absolute Gasteiger partial charge is 0.480 e. The standard InChI is InChI=1S/C11H19N3O4S/c1-19-5-3-8(10(16)17)13-11(18)14-4-2-7(6-14)9(12)15/h7-8H,2-6H2,1H3,(H2,12,15)(H,13,18)(H,16,17). The van der Waals surface area contributed by atoms with Gasteiger partial charge in [0.1, 0.15) is 6.04 Å². The Hall–Kier alpha value is -1.44. The van der Waals surface area contributed by atoms with Crippen molar-refractivity contribution in [3.63, 3.8) is 0 Å². The molecule has 4 N–H and O–H groups in total. The van der Waals surface area contributed by atoms with Crippen LogP contribution in [0.3, 0.4) is 0 Å². The number of rotatable bonds is 6. The Labute approximate surface area is 115 Å². The van der Waals surface area contributed by atoms with Crippen LogP contribution in [0.1, 0.15) is 12.8 Å². The lowest BCUT2D eigenvalue weighted by atomic mass is 10.1. The van der Waals surface area contributed by atoms with Gasteiger partial charge in [0.05, 0.1) is 5.92 Å². The van der Waals surface area contributed by atoms with Crippen molar-refractivity contribution in [3.05, 3.63) is 0 Å². The second kappa shape index (κ2) is 7.22. The van der Waals surface area contributed by atoms with Crippen molar-refractivity contribution in [1.82, 2.24) is 10.2 Å². The van der Waals surface area contributed by atoms with Crippen LogP contribution in [-0.2, 0) is 9.59 Å². The number of amides is 3. The molecule has 1 heterocycles.